The van der Waals surface area contributed by atoms with Crippen LogP contribution in [-0.4, -0.2) is 19.2 Å². The van der Waals surface area contributed by atoms with Crippen LogP contribution in [0.4, 0.5) is 0 Å². The summed E-state index contributed by atoms with van der Waals surface area (Å²) in [5.74, 6) is -0.207. The summed E-state index contributed by atoms with van der Waals surface area (Å²) in [6.07, 6.45) is 11.8. The first-order valence-corrected chi connectivity index (χ1v) is 13.0. The van der Waals surface area contributed by atoms with Gasteiger partial charge in [-0.15, -0.1) is 0 Å². The van der Waals surface area contributed by atoms with Gasteiger partial charge in [-0.3, -0.25) is 0 Å². The Kier molecular flexibility index (Phi) is 11.0. The fourth-order valence-corrected chi connectivity index (χ4v) is 3.67. The lowest BCUT2D eigenvalue weighted by Gasteiger charge is -2.13. The average Bonchev–Trinajstić information content (AvgIpc) is 2.90. The van der Waals surface area contributed by atoms with E-state index in [9.17, 15) is 9.59 Å². The van der Waals surface area contributed by atoms with Crippen molar-refractivity contribution in [2.75, 3.05) is 13.2 Å². The molecule has 1 heterocycles. The summed E-state index contributed by atoms with van der Waals surface area (Å²) in [5, 5.41) is 0.515. The third-order valence-electron chi connectivity index (χ3n) is 5.70. The lowest BCUT2D eigenvalue weighted by atomic mass is 10.1. The van der Waals surface area contributed by atoms with Crippen LogP contribution in [0.15, 0.2) is 93.2 Å². The molecule has 200 valence electrons. The smallest absolute Gasteiger partial charge is 0.383 e. The van der Waals surface area contributed by atoms with Gasteiger partial charge in [0.1, 0.15) is 17.9 Å². The Hall–Kier alpha value is -4.06. The van der Waals surface area contributed by atoms with Gasteiger partial charge in [-0.05, 0) is 76.8 Å². The van der Waals surface area contributed by atoms with Gasteiger partial charge < -0.3 is 18.6 Å². The Labute approximate surface area is 224 Å². The minimum atomic E-state index is -0.798. The number of hydrogen-bond acceptors (Lipinski definition) is 6. The number of ether oxygens (including phenoxy) is 3. The molecule has 0 bridgehead atoms. The highest BCUT2D eigenvalue weighted by atomic mass is 16.6. The molecule has 0 N–H and O–H groups in total. The molecule has 3 aromatic rings. The molecule has 0 aliphatic rings. The molecule has 38 heavy (non-hydrogen) atoms. The highest BCUT2D eigenvalue weighted by Crippen LogP contribution is 2.35. The molecule has 0 spiro atoms. The van der Waals surface area contributed by atoms with Crippen LogP contribution in [0.1, 0.15) is 63.7 Å². The molecule has 2 aromatic carbocycles. The van der Waals surface area contributed by atoms with Gasteiger partial charge in [-0.25, -0.2) is 9.59 Å². The Morgan fingerprint density at radius 3 is 2.45 bits per heavy atom. The molecule has 0 fully saturated rings. The third-order valence-corrected chi connectivity index (χ3v) is 5.70. The number of fused-ring (bicyclic) bond motifs is 1. The van der Waals surface area contributed by atoms with Crippen LogP contribution in [0.25, 0.3) is 11.0 Å². The molecule has 3 rings (SSSR count). The number of hydrogen-bond donors (Lipinski definition) is 0. The minimum absolute atomic E-state index is 0.173. The standard InChI is InChI=1S/C32H36O6/c1-5-6-7-11-20-36-29-27-18-17-26(35-21-19-24(4)14-12-13-23(2)3)22-28(27)37-32(34)30(29)38-31(33)25-15-9-8-10-16-25/h6-10,13,15-19,22H,5,11-12,14,20-21H2,1-4H3/b7-6?,24-19+. The highest BCUT2D eigenvalue weighted by Gasteiger charge is 2.22. The topological polar surface area (TPSA) is 75.0 Å². The Morgan fingerprint density at radius 2 is 1.71 bits per heavy atom. The summed E-state index contributed by atoms with van der Waals surface area (Å²) in [6.45, 7) is 9.03. The lowest BCUT2D eigenvalue weighted by molar-refractivity contribution is 0.0721. The van der Waals surface area contributed by atoms with Gasteiger partial charge in [-0.2, -0.15) is 0 Å². The number of esters is 1. The third kappa shape index (κ3) is 8.51. The maximum absolute atomic E-state index is 12.9. The molecule has 6 nitrogen and oxygen atoms in total. The van der Waals surface area contributed by atoms with Crippen molar-refractivity contribution < 1.29 is 23.4 Å². The summed E-state index contributed by atoms with van der Waals surface area (Å²) < 4.78 is 22.9. The lowest BCUT2D eigenvalue weighted by Crippen LogP contribution is -2.16. The van der Waals surface area contributed by atoms with Crippen molar-refractivity contribution in [3.05, 3.63) is 100.0 Å². The Morgan fingerprint density at radius 1 is 0.921 bits per heavy atom. The molecule has 0 unspecified atom stereocenters. The van der Waals surface area contributed by atoms with E-state index in [-0.39, 0.29) is 17.1 Å². The molecule has 0 aliphatic carbocycles. The fourth-order valence-electron chi connectivity index (χ4n) is 3.67. The van der Waals surface area contributed by atoms with E-state index in [1.165, 1.54) is 11.1 Å². The van der Waals surface area contributed by atoms with Crippen molar-refractivity contribution in [2.45, 2.75) is 53.4 Å². The first-order valence-electron chi connectivity index (χ1n) is 13.0. The number of carbonyl (C=O) groups is 1. The second-order valence-electron chi connectivity index (χ2n) is 9.16. The van der Waals surface area contributed by atoms with E-state index < -0.39 is 11.6 Å². The van der Waals surface area contributed by atoms with E-state index in [0.29, 0.717) is 36.3 Å². The van der Waals surface area contributed by atoms with Crippen LogP contribution in [0, 0.1) is 0 Å². The summed E-state index contributed by atoms with van der Waals surface area (Å²) >= 11 is 0. The molecule has 0 amide bonds. The van der Waals surface area contributed by atoms with Gasteiger partial charge in [0.15, 0.2) is 5.75 Å². The summed E-state index contributed by atoms with van der Waals surface area (Å²) in [4.78, 5) is 25.6. The predicted molar refractivity (Wildman–Crippen MR) is 151 cm³/mol. The van der Waals surface area contributed by atoms with Crippen molar-refractivity contribution in [1.82, 2.24) is 0 Å². The monoisotopic (exact) mass is 516 g/mol. The second-order valence-corrected chi connectivity index (χ2v) is 9.16. The van der Waals surface area contributed by atoms with E-state index >= 15 is 0 Å². The van der Waals surface area contributed by atoms with Gasteiger partial charge in [0, 0.05) is 6.07 Å². The van der Waals surface area contributed by atoms with Crippen molar-refractivity contribution in [3.63, 3.8) is 0 Å². The molecule has 0 aliphatic heterocycles. The summed E-state index contributed by atoms with van der Waals surface area (Å²) in [5.41, 5.74) is 2.36. The van der Waals surface area contributed by atoms with Crippen LogP contribution in [0.3, 0.4) is 0 Å². The van der Waals surface area contributed by atoms with E-state index in [0.717, 1.165) is 19.3 Å². The first kappa shape index (κ1) is 28.5. The zero-order valence-electron chi connectivity index (χ0n) is 22.6. The SMILES string of the molecule is CCC=CCCOc1c(OC(=O)c2ccccc2)c(=O)oc2cc(OC/C=C(\C)CCC=C(C)C)ccc12. The fraction of sp³-hybridized carbons (Fsp3) is 0.312. The minimum Gasteiger partial charge on any atom is -0.489 e. The number of carbonyl (C=O) groups excluding carboxylic acids is 1. The van der Waals surface area contributed by atoms with E-state index in [1.54, 1.807) is 48.5 Å². The van der Waals surface area contributed by atoms with Crippen molar-refractivity contribution in [1.29, 1.82) is 0 Å². The van der Waals surface area contributed by atoms with Crippen LogP contribution in [0.5, 0.6) is 17.2 Å². The number of benzene rings is 2. The van der Waals surface area contributed by atoms with Gasteiger partial charge in [0.05, 0.1) is 17.6 Å². The maximum atomic E-state index is 12.9. The average molecular weight is 517 g/mol. The van der Waals surface area contributed by atoms with Crippen LogP contribution in [-0.2, 0) is 0 Å². The van der Waals surface area contributed by atoms with Gasteiger partial charge in [-0.1, -0.05) is 54.5 Å². The molecule has 6 heteroatoms. The van der Waals surface area contributed by atoms with Crippen molar-refractivity contribution in [3.8, 4) is 17.2 Å². The molecule has 0 atom stereocenters. The molecule has 0 saturated heterocycles. The second kappa shape index (κ2) is 14.6. The number of rotatable bonds is 13. The van der Waals surface area contributed by atoms with Gasteiger partial charge in [0.25, 0.3) is 5.75 Å². The van der Waals surface area contributed by atoms with E-state index in [2.05, 4.69) is 33.8 Å². The van der Waals surface area contributed by atoms with Crippen molar-refractivity contribution in [2.24, 2.45) is 0 Å². The van der Waals surface area contributed by atoms with Gasteiger partial charge in [0.2, 0.25) is 0 Å². The van der Waals surface area contributed by atoms with E-state index in [4.69, 9.17) is 18.6 Å². The normalized spacial score (nSPS) is 11.5. The zero-order chi connectivity index (χ0) is 27.3. The Balaban J connectivity index is 1.84. The molecule has 0 saturated carbocycles. The maximum Gasteiger partial charge on any atom is 0.383 e. The van der Waals surface area contributed by atoms with Crippen LogP contribution >= 0.6 is 0 Å². The molecule has 1 aromatic heterocycles. The zero-order valence-corrected chi connectivity index (χ0v) is 22.6. The summed E-state index contributed by atoms with van der Waals surface area (Å²) in [7, 11) is 0. The van der Waals surface area contributed by atoms with Crippen molar-refractivity contribution >= 4 is 16.9 Å². The quantitative estimate of drug-likeness (QED) is 0.0998. The largest absolute Gasteiger partial charge is 0.489 e. The predicted octanol–water partition coefficient (Wildman–Crippen LogP) is 7.82. The van der Waals surface area contributed by atoms with Gasteiger partial charge >= 0.3 is 11.6 Å². The summed E-state index contributed by atoms with van der Waals surface area (Å²) in [6, 6.07) is 13.6. The van der Waals surface area contributed by atoms with E-state index in [1.807, 2.05) is 18.2 Å². The highest BCUT2D eigenvalue weighted by molar-refractivity contribution is 5.93. The Bertz CT molecular complexity index is 1360. The molecular weight excluding hydrogens is 480 g/mol. The molecular formula is C32H36O6. The van der Waals surface area contributed by atoms with Crippen LogP contribution in [0.2, 0.25) is 0 Å². The van der Waals surface area contributed by atoms with Crippen LogP contribution < -0.4 is 19.8 Å². The molecule has 0 radical (unpaired) electrons. The number of allylic oxidation sites excluding steroid dienone is 4. The first-order chi connectivity index (χ1) is 18.4.